The summed E-state index contributed by atoms with van der Waals surface area (Å²) in [5.74, 6) is -0.480. The molecule has 0 N–H and O–H groups in total. The summed E-state index contributed by atoms with van der Waals surface area (Å²) in [5.41, 5.74) is -5.52. The Morgan fingerprint density at radius 3 is 1.63 bits per heavy atom. The zero-order chi connectivity index (χ0) is 20.8. The number of rotatable bonds is 2. The van der Waals surface area contributed by atoms with E-state index < -0.39 is 52.3 Å². The first-order chi connectivity index (χ1) is 12.1. The maximum absolute atomic E-state index is 13.3. The van der Waals surface area contributed by atoms with E-state index in [0.717, 1.165) is 12.1 Å². The second-order valence-corrected chi connectivity index (χ2v) is 6.25. The fourth-order valence-electron chi connectivity index (χ4n) is 2.51. The lowest BCUT2D eigenvalue weighted by molar-refractivity contribution is -0.141. The van der Waals surface area contributed by atoms with E-state index in [-0.39, 0.29) is 23.8 Å². The van der Waals surface area contributed by atoms with Crippen molar-refractivity contribution < 1.29 is 39.5 Å². The molecule has 0 radical (unpaired) electrons. The Labute approximate surface area is 148 Å². The maximum Gasteiger partial charge on any atom is 0.417 e. The minimum Gasteiger partial charge on any atom is -0.166 e. The fraction of sp³-hybridized carbons (Fsp3) is 0.333. The van der Waals surface area contributed by atoms with Gasteiger partial charge in [0.1, 0.15) is 0 Å². The van der Waals surface area contributed by atoms with Crippen molar-refractivity contribution in [2.24, 2.45) is 0 Å². The molecule has 0 saturated heterocycles. The van der Waals surface area contributed by atoms with Crippen LogP contribution in [-0.2, 0) is 18.5 Å². The Kier molecular flexibility index (Phi) is 5.29. The summed E-state index contributed by atoms with van der Waals surface area (Å²) >= 11 is 0. The molecule has 0 bridgehead atoms. The van der Waals surface area contributed by atoms with Gasteiger partial charge in [0.05, 0.1) is 16.7 Å². The molecule has 148 valence electrons. The van der Waals surface area contributed by atoms with Gasteiger partial charge >= 0.3 is 18.5 Å². The molecule has 0 aliphatic heterocycles. The summed E-state index contributed by atoms with van der Waals surface area (Å²) in [6.07, 6.45) is -14.8. The van der Waals surface area contributed by atoms with Gasteiger partial charge in [-0.1, -0.05) is 19.9 Å². The smallest absolute Gasteiger partial charge is 0.166 e. The van der Waals surface area contributed by atoms with Crippen molar-refractivity contribution in [3.8, 4) is 11.1 Å². The van der Waals surface area contributed by atoms with Crippen LogP contribution in [0, 0.1) is 0 Å². The fourth-order valence-corrected chi connectivity index (χ4v) is 2.51. The van der Waals surface area contributed by atoms with Crippen molar-refractivity contribution in [1.82, 2.24) is 0 Å². The molecule has 0 heterocycles. The van der Waals surface area contributed by atoms with Gasteiger partial charge in [0, 0.05) is 0 Å². The Morgan fingerprint density at radius 2 is 1.19 bits per heavy atom. The van der Waals surface area contributed by atoms with E-state index in [0.29, 0.717) is 6.07 Å². The minimum absolute atomic E-state index is 0.0605. The van der Waals surface area contributed by atoms with Crippen molar-refractivity contribution in [3.05, 3.63) is 58.7 Å². The average molecular weight is 400 g/mol. The van der Waals surface area contributed by atoms with Crippen LogP contribution in [0.3, 0.4) is 0 Å². The number of alkyl halides is 9. The van der Waals surface area contributed by atoms with Crippen LogP contribution in [0.5, 0.6) is 0 Å². The summed E-state index contributed by atoms with van der Waals surface area (Å²) in [7, 11) is 0. The maximum atomic E-state index is 13.3. The lowest BCUT2D eigenvalue weighted by Gasteiger charge is -2.19. The van der Waals surface area contributed by atoms with Crippen LogP contribution in [0.25, 0.3) is 11.1 Å². The first kappa shape index (κ1) is 21.1. The molecule has 0 fully saturated rings. The Morgan fingerprint density at radius 1 is 0.630 bits per heavy atom. The molecular weight excluding hydrogens is 387 g/mol. The summed E-state index contributed by atoms with van der Waals surface area (Å²) < 4.78 is 118. The second-order valence-electron chi connectivity index (χ2n) is 6.25. The van der Waals surface area contributed by atoms with Crippen molar-refractivity contribution >= 4 is 0 Å². The van der Waals surface area contributed by atoms with Crippen molar-refractivity contribution in [2.75, 3.05) is 0 Å². The highest BCUT2D eigenvalue weighted by Crippen LogP contribution is 2.42. The Bertz CT molecular complexity index is 824. The molecule has 0 spiro atoms. The van der Waals surface area contributed by atoms with Crippen LogP contribution in [-0.4, -0.2) is 0 Å². The normalized spacial score (nSPS) is 13.3. The minimum atomic E-state index is -5.04. The van der Waals surface area contributed by atoms with Crippen LogP contribution < -0.4 is 0 Å². The van der Waals surface area contributed by atoms with Gasteiger partial charge in [-0.3, -0.25) is 0 Å². The molecule has 2 rings (SSSR count). The van der Waals surface area contributed by atoms with Crippen molar-refractivity contribution in [2.45, 2.75) is 38.3 Å². The predicted octanol–water partition coefficient (Wildman–Crippen LogP) is 7.53. The van der Waals surface area contributed by atoms with Gasteiger partial charge in [0.25, 0.3) is 0 Å². The van der Waals surface area contributed by atoms with Crippen LogP contribution in [0.15, 0.2) is 36.4 Å². The van der Waals surface area contributed by atoms with E-state index in [2.05, 4.69) is 0 Å². The molecule has 0 aliphatic rings. The van der Waals surface area contributed by atoms with E-state index >= 15 is 0 Å². The highest BCUT2D eigenvalue weighted by Gasteiger charge is 2.38. The van der Waals surface area contributed by atoms with E-state index in [1.165, 1.54) is 13.8 Å². The molecule has 0 unspecified atom stereocenters. The second kappa shape index (κ2) is 6.76. The summed E-state index contributed by atoms with van der Waals surface area (Å²) in [5, 5.41) is 0. The standard InChI is InChI=1S/C18H13F9/c1-9(2)10-5-11(7-13(6-10)17(22,23)24)14-8-12(16(19,20)21)3-4-15(14)18(25,26)27/h3-9H,1-2H3. The first-order valence-corrected chi connectivity index (χ1v) is 7.61. The summed E-state index contributed by atoms with van der Waals surface area (Å²) in [6, 6.07) is 2.95. The number of hydrogen-bond acceptors (Lipinski definition) is 0. The van der Waals surface area contributed by atoms with Gasteiger partial charge in [-0.15, -0.1) is 0 Å². The SMILES string of the molecule is CC(C)c1cc(-c2cc(C(F)(F)F)ccc2C(F)(F)F)cc(C(F)(F)F)c1. The van der Waals surface area contributed by atoms with Crippen LogP contribution in [0.4, 0.5) is 39.5 Å². The molecular formula is C18H13F9. The van der Waals surface area contributed by atoms with Gasteiger partial charge in [0.15, 0.2) is 0 Å². The quantitative estimate of drug-likeness (QED) is 0.457. The van der Waals surface area contributed by atoms with E-state index in [9.17, 15) is 39.5 Å². The molecule has 27 heavy (non-hydrogen) atoms. The molecule has 0 atom stereocenters. The zero-order valence-corrected chi connectivity index (χ0v) is 13.9. The van der Waals surface area contributed by atoms with Gasteiger partial charge in [0.2, 0.25) is 0 Å². The number of halogens is 9. The lowest BCUT2D eigenvalue weighted by atomic mass is 9.91. The van der Waals surface area contributed by atoms with Gasteiger partial charge in [-0.2, -0.15) is 39.5 Å². The molecule has 9 heteroatoms. The zero-order valence-electron chi connectivity index (χ0n) is 13.9. The Balaban J connectivity index is 2.84. The monoisotopic (exact) mass is 400 g/mol. The van der Waals surface area contributed by atoms with Gasteiger partial charge in [-0.05, 0) is 52.9 Å². The summed E-state index contributed by atoms with van der Waals surface area (Å²) in [4.78, 5) is 0. The van der Waals surface area contributed by atoms with Crippen molar-refractivity contribution in [1.29, 1.82) is 0 Å². The Hall–Kier alpha value is -2.19. The van der Waals surface area contributed by atoms with Crippen LogP contribution >= 0.6 is 0 Å². The van der Waals surface area contributed by atoms with Crippen molar-refractivity contribution in [3.63, 3.8) is 0 Å². The highest BCUT2D eigenvalue weighted by molar-refractivity contribution is 5.71. The molecule has 0 aromatic heterocycles. The molecule has 2 aromatic rings. The molecule has 2 aromatic carbocycles. The predicted molar refractivity (Wildman–Crippen MR) is 81.0 cm³/mol. The van der Waals surface area contributed by atoms with E-state index in [1.54, 1.807) is 0 Å². The van der Waals surface area contributed by atoms with E-state index in [4.69, 9.17) is 0 Å². The number of benzene rings is 2. The number of hydrogen-bond donors (Lipinski definition) is 0. The molecule has 0 saturated carbocycles. The third-order valence-corrected chi connectivity index (χ3v) is 3.91. The third kappa shape index (κ3) is 4.75. The van der Waals surface area contributed by atoms with Crippen LogP contribution in [0.1, 0.15) is 42.0 Å². The molecule has 0 nitrogen and oxygen atoms in total. The molecule has 0 amide bonds. The first-order valence-electron chi connectivity index (χ1n) is 7.61. The molecule has 0 aliphatic carbocycles. The van der Waals surface area contributed by atoms with Gasteiger partial charge in [-0.25, -0.2) is 0 Å². The largest absolute Gasteiger partial charge is 0.417 e. The highest BCUT2D eigenvalue weighted by atomic mass is 19.4. The average Bonchev–Trinajstić information content (AvgIpc) is 2.51. The van der Waals surface area contributed by atoms with Gasteiger partial charge < -0.3 is 0 Å². The lowest BCUT2D eigenvalue weighted by Crippen LogP contribution is -2.12. The van der Waals surface area contributed by atoms with Crippen LogP contribution in [0.2, 0.25) is 0 Å². The topological polar surface area (TPSA) is 0 Å². The third-order valence-electron chi connectivity index (χ3n) is 3.91. The summed E-state index contributed by atoms with van der Waals surface area (Å²) in [6.45, 7) is 3.05. The van der Waals surface area contributed by atoms with E-state index in [1.807, 2.05) is 0 Å².